The highest BCUT2D eigenvalue weighted by atomic mass is 16.3. The number of amides is 1. The third-order valence-electron chi connectivity index (χ3n) is 4.80. The van der Waals surface area contributed by atoms with Gasteiger partial charge < -0.3 is 5.11 Å². The molecule has 0 radical (unpaired) electrons. The summed E-state index contributed by atoms with van der Waals surface area (Å²) in [5.41, 5.74) is 7.43. The summed E-state index contributed by atoms with van der Waals surface area (Å²) in [4.78, 5) is 21.7. The molecule has 0 aliphatic carbocycles. The number of benzene rings is 2. The van der Waals surface area contributed by atoms with Gasteiger partial charge in [0, 0.05) is 28.9 Å². The number of carbonyl (C=O) groups excluding carboxylic acids is 1. The number of nitrogens with zero attached hydrogens (tertiary/aromatic N) is 3. The lowest BCUT2D eigenvalue weighted by Gasteiger charge is -2.10. The molecule has 4 rings (SSSR count). The van der Waals surface area contributed by atoms with Crippen molar-refractivity contribution in [2.24, 2.45) is 5.10 Å². The number of aromatic hydroxyl groups is 1. The minimum Gasteiger partial charge on any atom is -0.507 e. The topological polar surface area (TPSA) is 87.5 Å². The molecular weight excluding hydrogens is 376 g/mol. The van der Waals surface area contributed by atoms with Crippen LogP contribution in [0, 0.1) is 6.92 Å². The smallest absolute Gasteiger partial charge is 0.272 e. The van der Waals surface area contributed by atoms with Crippen LogP contribution in [0.2, 0.25) is 0 Å². The molecule has 0 bridgehead atoms. The minimum absolute atomic E-state index is 0.116. The van der Waals surface area contributed by atoms with Crippen LogP contribution in [0.4, 0.5) is 0 Å². The molecule has 1 amide bonds. The molecule has 0 spiro atoms. The second-order valence-electron chi connectivity index (χ2n) is 6.97. The number of phenols is 1. The van der Waals surface area contributed by atoms with Gasteiger partial charge in [0.15, 0.2) is 0 Å². The number of aryl methyl sites for hydroxylation is 1. The molecule has 0 aliphatic heterocycles. The van der Waals surface area contributed by atoms with Gasteiger partial charge in [-0.05, 0) is 50.2 Å². The predicted octanol–water partition coefficient (Wildman–Crippen LogP) is 4.46. The summed E-state index contributed by atoms with van der Waals surface area (Å²) in [6.07, 6.45) is 3.38. The Bertz CT molecular complexity index is 1270. The lowest BCUT2D eigenvalue weighted by molar-refractivity contribution is 0.0956. The second kappa shape index (κ2) is 8.13. The number of aromatic nitrogens is 2. The molecule has 2 heterocycles. The normalized spacial score (nSPS) is 11.5. The average Bonchev–Trinajstić information content (AvgIpc) is 2.78. The molecule has 30 heavy (non-hydrogen) atoms. The third kappa shape index (κ3) is 3.89. The van der Waals surface area contributed by atoms with Gasteiger partial charge in [-0.15, -0.1) is 0 Å². The molecule has 0 aliphatic rings. The zero-order valence-electron chi connectivity index (χ0n) is 16.6. The average molecular weight is 396 g/mol. The van der Waals surface area contributed by atoms with Gasteiger partial charge in [-0.3, -0.25) is 9.78 Å². The molecule has 2 aromatic carbocycles. The van der Waals surface area contributed by atoms with Crippen molar-refractivity contribution in [3.8, 4) is 17.0 Å². The number of pyridine rings is 2. The van der Waals surface area contributed by atoms with E-state index in [1.54, 1.807) is 31.5 Å². The van der Waals surface area contributed by atoms with Crippen LogP contribution in [-0.4, -0.2) is 26.7 Å². The zero-order valence-corrected chi connectivity index (χ0v) is 16.6. The summed E-state index contributed by atoms with van der Waals surface area (Å²) in [5.74, 6) is -0.235. The number of rotatable bonds is 4. The summed E-state index contributed by atoms with van der Waals surface area (Å²) < 4.78 is 0. The first-order chi connectivity index (χ1) is 14.5. The minimum atomic E-state index is -0.351. The molecule has 0 unspecified atom stereocenters. The van der Waals surface area contributed by atoms with Crippen LogP contribution in [0.3, 0.4) is 0 Å². The van der Waals surface area contributed by atoms with Crippen molar-refractivity contribution >= 4 is 22.5 Å². The Labute approximate surface area is 173 Å². The SMILES string of the molecule is C/C(=N\NC(=O)c1cc(-c2ccncc2)nc2ccccc12)c1cc(C)ccc1O. The molecule has 0 fully saturated rings. The maximum atomic E-state index is 13.0. The van der Waals surface area contributed by atoms with Crippen LogP contribution in [0.5, 0.6) is 5.75 Å². The van der Waals surface area contributed by atoms with E-state index in [0.717, 1.165) is 16.5 Å². The van der Waals surface area contributed by atoms with Gasteiger partial charge in [0.1, 0.15) is 5.75 Å². The van der Waals surface area contributed by atoms with Crippen molar-refractivity contribution in [3.63, 3.8) is 0 Å². The van der Waals surface area contributed by atoms with Gasteiger partial charge in [0.25, 0.3) is 5.91 Å². The number of phenolic OH excluding ortho intramolecular Hbond substituents is 1. The van der Waals surface area contributed by atoms with Crippen molar-refractivity contribution in [2.45, 2.75) is 13.8 Å². The number of hydrazone groups is 1. The lowest BCUT2D eigenvalue weighted by Crippen LogP contribution is -2.20. The van der Waals surface area contributed by atoms with Gasteiger partial charge in [-0.1, -0.05) is 29.8 Å². The highest BCUT2D eigenvalue weighted by Crippen LogP contribution is 2.25. The Balaban J connectivity index is 1.71. The predicted molar refractivity (Wildman–Crippen MR) is 117 cm³/mol. The molecular formula is C24H20N4O2. The Hall–Kier alpha value is -4.06. The van der Waals surface area contributed by atoms with Crippen LogP contribution in [0.25, 0.3) is 22.2 Å². The van der Waals surface area contributed by atoms with E-state index in [9.17, 15) is 9.90 Å². The fourth-order valence-electron chi connectivity index (χ4n) is 3.23. The van der Waals surface area contributed by atoms with Crippen LogP contribution in [0.1, 0.15) is 28.4 Å². The quantitative estimate of drug-likeness (QED) is 0.394. The van der Waals surface area contributed by atoms with E-state index >= 15 is 0 Å². The zero-order chi connectivity index (χ0) is 21.1. The van der Waals surface area contributed by atoms with Gasteiger partial charge in [-0.25, -0.2) is 10.4 Å². The first-order valence-corrected chi connectivity index (χ1v) is 9.48. The van der Waals surface area contributed by atoms with E-state index in [-0.39, 0.29) is 11.7 Å². The Morgan fingerprint density at radius 2 is 1.77 bits per heavy atom. The number of hydrogen-bond donors (Lipinski definition) is 2. The molecule has 2 N–H and O–H groups in total. The van der Waals surface area contributed by atoms with Crippen LogP contribution in [0.15, 0.2) is 78.2 Å². The molecule has 4 aromatic rings. The van der Waals surface area contributed by atoms with E-state index in [1.807, 2.05) is 55.5 Å². The van der Waals surface area contributed by atoms with Gasteiger partial charge >= 0.3 is 0 Å². The van der Waals surface area contributed by atoms with Gasteiger partial charge in [0.05, 0.1) is 22.5 Å². The largest absolute Gasteiger partial charge is 0.507 e. The molecule has 0 saturated heterocycles. The highest BCUT2D eigenvalue weighted by molar-refractivity contribution is 6.08. The van der Waals surface area contributed by atoms with E-state index in [0.29, 0.717) is 28.0 Å². The number of nitrogens with one attached hydrogen (secondary N) is 1. The van der Waals surface area contributed by atoms with E-state index in [2.05, 4.69) is 20.5 Å². The third-order valence-corrected chi connectivity index (χ3v) is 4.80. The van der Waals surface area contributed by atoms with Crippen molar-refractivity contribution in [3.05, 3.63) is 89.7 Å². The molecule has 0 atom stereocenters. The van der Waals surface area contributed by atoms with E-state index in [4.69, 9.17) is 0 Å². The van der Waals surface area contributed by atoms with Gasteiger partial charge in [-0.2, -0.15) is 5.10 Å². The summed E-state index contributed by atoms with van der Waals surface area (Å²) in [7, 11) is 0. The monoisotopic (exact) mass is 396 g/mol. The molecule has 148 valence electrons. The molecule has 6 heteroatoms. The van der Waals surface area contributed by atoms with Crippen molar-refractivity contribution in [2.75, 3.05) is 0 Å². The maximum absolute atomic E-state index is 13.0. The van der Waals surface area contributed by atoms with Crippen molar-refractivity contribution in [1.29, 1.82) is 0 Å². The van der Waals surface area contributed by atoms with Crippen molar-refractivity contribution < 1.29 is 9.90 Å². The Morgan fingerprint density at radius 1 is 1.00 bits per heavy atom. The summed E-state index contributed by atoms with van der Waals surface area (Å²) >= 11 is 0. The number of carbonyl (C=O) groups is 1. The number of hydrogen-bond acceptors (Lipinski definition) is 5. The Morgan fingerprint density at radius 3 is 2.57 bits per heavy atom. The summed E-state index contributed by atoms with van der Waals surface area (Å²) in [6.45, 7) is 3.67. The van der Waals surface area contributed by atoms with Crippen LogP contribution < -0.4 is 5.43 Å². The summed E-state index contributed by atoms with van der Waals surface area (Å²) in [5, 5.41) is 15.0. The van der Waals surface area contributed by atoms with E-state index < -0.39 is 0 Å². The van der Waals surface area contributed by atoms with Crippen LogP contribution >= 0.6 is 0 Å². The first kappa shape index (κ1) is 19.3. The van der Waals surface area contributed by atoms with Crippen LogP contribution in [-0.2, 0) is 0 Å². The summed E-state index contributed by atoms with van der Waals surface area (Å²) in [6, 6.07) is 18.2. The van der Waals surface area contributed by atoms with Gasteiger partial charge in [0.2, 0.25) is 0 Å². The lowest BCUT2D eigenvalue weighted by atomic mass is 10.0. The number of fused-ring (bicyclic) bond motifs is 1. The first-order valence-electron chi connectivity index (χ1n) is 9.48. The fraction of sp³-hybridized carbons (Fsp3) is 0.0833. The fourth-order valence-corrected chi connectivity index (χ4v) is 3.23. The number of para-hydroxylation sites is 1. The van der Waals surface area contributed by atoms with Crippen molar-refractivity contribution in [1.82, 2.24) is 15.4 Å². The molecule has 6 nitrogen and oxygen atoms in total. The molecule has 0 saturated carbocycles. The second-order valence-corrected chi connectivity index (χ2v) is 6.97. The van der Waals surface area contributed by atoms with E-state index in [1.165, 1.54) is 0 Å². The Kier molecular flexibility index (Phi) is 5.22. The molecule has 2 aromatic heterocycles. The highest BCUT2D eigenvalue weighted by Gasteiger charge is 2.14. The maximum Gasteiger partial charge on any atom is 0.272 e. The standard InChI is InChI=1S/C24H20N4O2/c1-15-7-8-23(29)19(13-15)16(2)27-28-24(30)20-14-22(17-9-11-25-12-10-17)26-21-6-4-3-5-18(20)21/h3-14,29H,1-2H3,(H,28,30)/b27-16+.